The van der Waals surface area contributed by atoms with Crippen molar-refractivity contribution in [3.8, 4) is 5.75 Å². The molecule has 6 nitrogen and oxygen atoms in total. The zero-order valence-corrected chi connectivity index (χ0v) is 16.7. The van der Waals surface area contributed by atoms with Gasteiger partial charge in [-0.1, -0.05) is 19.1 Å². The van der Waals surface area contributed by atoms with Crippen LogP contribution in [-0.4, -0.2) is 27.5 Å². The largest absolute Gasteiger partial charge is 0.497 e. The van der Waals surface area contributed by atoms with Crippen LogP contribution >= 0.6 is 0 Å². The number of aryl methyl sites for hydroxylation is 1. The molecule has 2 N–H and O–H groups in total. The number of carbonyl (C=O) groups excluding carboxylic acids is 1. The summed E-state index contributed by atoms with van der Waals surface area (Å²) in [5.41, 5.74) is 1.61. The molecule has 1 unspecified atom stereocenters. The van der Waals surface area contributed by atoms with Crippen LogP contribution in [0.5, 0.6) is 5.75 Å². The SMILES string of the molecule is CCC(C)NS(=O)(=O)c1ccc(NC(=O)CCc2ccc(OC)cc2)cc1. The number of hydrogen-bond acceptors (Lipinski definition) is 4. The van der Waals surface area contributed by atoms with Crippen molar-refractivity contribution in [2.45, 2.75) is 44.0 Å². The van der Waals surface area contributed by atoms with Crippen molar-refractivity contribution in [2.75, 3.05) is 12.4 Å². The Balaban J connectivity index is 1.90. The van der Waals surface area contributed by atoms with Crippen LogP contribution in [0.1, 0.15) is 32.3 Å². The zero-order chi connectivity index (χ0) is 19.9. The van der Waals surface area contributed by atoms with E-state index in [0.29, 0.717) is 24.9 Å². The van der Waals surface area contributed by atoms with E-state index in [4.69, 9.17) is 4.74 Å². The standard InChI is InChI=1S/C20H26N2O4S/c1-4-15(2)22-27(24,25)19-12-8-17(9-13-19)21-20(23)14-7-16-5-10-18(26-3)11-6-16/h5-6,8-13,15,22H,4,7,14H2,1-3H3,(H,21,23). The van der Waals surface area contributed by atoms with Gasteiger partial charge in [0.15, 0.2) is 0 Å². The maximum atomic E-state index is 12.2. The third-order valence-corrected chi connectivity index (χ3v) is 5.82. The highest BCUT2D eigenvalue weighted by Crippen LogP contribution is 2.16. The smallest absolute Gasteiger partial charge is 0.240 e. The number of methoxy groups -OCH3 is 1. The maximum Gasteiger partial charge on any atom is 0.240 e. The first-order valence-electron chi connectivity index (χ1n) is 8.89. The monoisotopic (exact) mass is 390 g/mol. The minimum absolute atomic E-state index is 0.126. The number of amides is 1. The first kappa shape index (κ1) is 20.9. The lowest BCUT2D eigenvalue weighted by Crippen LogP contribution is -2.31. The highest BCUT2D eigenvalue weighted by atomic mass is 32.2. The van der Waals surface area contributed by atoms with Gasteiger partial charge < -0.3 is 10.1 Å². The minimum atomic E-state index is -3.54. The first-order chi connectivity index (χ1) is 12.8. The molecular weight excluding hydrogens is 364 g/mol. The number of anilines is 1. The van der Waals surface area contributed by atoms with Crippen molar-refractivity contribution in [3.63, 3.8) is 0 Å². The summed E-state index contributed by atoms with van der Waals surface area (Å²) in [6.07, 6.45) is 1.66. The Kier molecular flexibility index (Phi) is 7.38. The van der Waals surface area contributed by atoms with Crippen LogP contribution in [0.15, 0.2) is 53.4 Å². The van der Waals surface area contributed by atoms with Crippen LogP contribution in [0, 0.1) is 0 Å². The molecule has 146 valence electrons. The van der Waals surface area contributed by atoms with Crippen LogP contribution < -0.4 is 14.8 Å². The Hall–Kier alpha value is -2.38. The lowest BCUT2D eigenvalue weighted by atomic mass is 10.1. The molecule has 0 saturated carbocycles. The van der Waals surface area contributed by atoms with E-state index in [-0.39, 0.29) is 16.8 Å². The van der Waals surface area contributed by atoms with E-state index in [1.165, 1.54) is 12.1 Å². The second kappa shape index (κ2) is 9.53. The van der Waals surface area contributed by atoms with E-state index in [0.717, 1.165) is 11.3 Å². The molecule has 0 fully saturated rings. The molecule has 1 atom stereocenters. The predicted octanol–water partition coefficient (Wildman–Crippen LogP) is 3.34. The third kappa shape index (κ3) is 6.37. The molecule has 0 aromatic heterocycles. The molecule has 2 aromatic carbocycles. The predicted molar refractivity (Wildman–Crippen MR) is 106 cm³/mol. The molecule has 0 bridgehead atoms. The van der Waals surface area contributed by atoms with E-state index < -0.39 is 10.0 Å². The van der Waals surface area contributed by atoms with Gasteiger partial charge in [0.05, 0.1) is 12.0 Å². The van der Waals surface area contributed by atoms with Crippen LogP contribution in [0.4, 0.5) is 5.69 Å². The van der Waals surface area contributed by atoms with Crippen molar-refractivity contribution >= 4 is 21.6 Å². The quantitative estimate of drug-likeness (QED) is 0.688. The summed E-state index contributed by atoms with van der Waals surface area (Å²) < 4.78 is 32.2. The second-order valence-corrected chi connectivity index (χ2v) is 8.07. The molecule has 0 aliphatic rings. The summed E-state index contributed by atoms with van der Waals surface area (Å²) in [5, 5.41) is 2.79. The molecule has 0 heterocycles. The van der Waals surface area contributed by atoms with Crippen molar-refractivity contribution < 1.29 is 17.9 Å². The summed E-state index contributed by atoms with van der Waals surface area (Å²) >= 11 is 0. The first-order valence-corrected chi connectivity index (χ1v) is 10.4. The summed E-state index contributed by atoms with van der Waals surface area (Å²) in [6, 6.07) is 13.6. The molecule has 1 amide bonds. The molecule has 0 spiro atoms. The average molecular weight is 391 g/mol. The summed E-state index contributed by atoms with van der Waals surface area (Å²) in [7, 11) is -1.93. The minimum Gasteiger partial charge on any atom is -0.497 e. The number of sulfonamides is 1. The molecule has 0 saturated heterocycles. The number of nitrogens with one attached hydrogen (secondary N) is 2. The van der Waals surface area contributed by atoms with E-state index in [2.05, 4.69) is 10.0 Å². The van der Waals surface area contributed by atoms with Gasteiger partial charge in [-0.25, -0.2) is 13.1 Å². The normalized spacial score (nSPS) is 12.4. The summed E-state index contributed by atoms with van der Waals surface area (Å²) in [5.74, 6) is 0.653. The Morgan fingerprint density at radius 2 is 1.70 bits per heavy atom. The topological polar surface area (TPSA) is 84.5 Å². The van der Waals surface area contributed by atoms with Gasteiger partial charge in [0, 0.05) is 18.2 Å². The third-order valence-electron chi connectivity index (χ3n) is 4.22. The fourth-order valence-corrected chi connectivity index (χ4v) is 3.73. The Labute approximate surface area is 161 Å². The molecule has 27 heavy (non-hydrogen) atoms. The van der Waals surface area contributed by atoms with E-state index >= 15 is 0 Å². The highest BCUT2D eigenvalue weighted by molar-refractivity contribution is 7.89. The molecule has 2 aromatic rings. The van der Waals surface area contributed by atoms with Crippen molar-refractivity contribution in [2.24, 2.45) is 0 Å². The molecule has 0 aliphatic carbocycles. The molecule has 2 rings (SSSR count). The van der Waals surface area contributed by atoms with Gasteiger partial charge in [0.1, 0.15) is 5.75 Å². The van der Waals surface area contributed by atoms with Gasteiger partial charge in [0.2, 0.25) is 15.9 Å². The van der Waals surface area contributed by atoms with Crippen LogP contribution in [0.25, 0.3) is 0 Å². The second-order valence-electron chi connectivity index (χ2n) is 6.35. The lowest BCUT2D eigenvalue weighted by Gasteiger charge is -2.12. The summed E-state index contributed by atoms with van der Waals surface area (Å²) in [4.78, 5) is 12.3. The highest BCUT2D eigenvalue weighted by Gasteiger charge is 2.16. The van der Waals surface area contributed by atoms with Crippen molar-refractivity contribution in [1.29, 1.82) is 0 Å². The average Bonchev–Trinajstić information content (AvgIpc) is 2.66. The lowest BCUT2D eigenvalue weighted by molar-refractivity contribution is -0.116. The van der Waals surface area contributed by atoms with E-state index in [1.807, 2.05) is 38.1 Å². The van der Waals surface area contributed by atoms with Crippen LogP contribution in [0.2, 0.25) is 0 Å². The van der Waals surface area contributed by atoms with Gasteiger partial charge in [-0.15, -0.1) is 0 Å². The number of carbonyl (C=O) groups is 1. The Morgan fingerprint density at radius 3 is 2.26 bits per heavy atom. The molecule has 0 radical (unpaired) electrons. The van der Waals surface area contributed by atoms with Crippen molar-refractivity contribution in [1.82, 2.24) is 4.72 Å². The number of rotatable bonds is 9. The molecule has 0 aliphatic heterocycles. The van der Waals surface area contributed by atoms with E-state index in [1.54, 1.807) is 19.2 Å². The molecular formula is C20H26N2O4S. The van der Waals surface area contributed by atoms with Gasteiger partial charge in [-0.2, -0.15) is 0 Å². The van der Waals surface area contributed by atoms with Gasteiger partial charge in [-0.3, -0.25) is 4.79 Å². The number of ether oxygens (including phenoxy) is 1. The van der Waals surface area contributed by atoms with Gasteiger partial charge in [-0.05, 0) is 61.7 Å². The zero-order valence-electron chi connectivity index (χ0n) is 15.9. The van der Waals surface area contributed by atoms with Gasteiger partial charge in [0.25, 0.3) is 0 Å². The van der Waals surface area contributed by atoms with Crippen molar-refractivity contribution in [3.05, 3.63) is 54.1 Å². The Morgan fingerprint density at radius 1 is 1.07 bits per heavy atom. The van der Waals surface area contributed by atoms with Crippen LogP contribution in [-0.2, 0) is 21.2 Å². The fraction of sp³-hybridized carbons (Fsp3) is 0.350. The maximum absolute atomic E-state index is 12.2. The van der Waals surface area contributed by atoms with Crippen LogP contribution in [0.3, 0.4) is 0 Å². The number of benzene rings is 2. The van der Waals surface area contributed by atoms with Gasteiger partial charge >= 0.3 is 0 Å². The Bertz CT molecular complexity index is 847. The fourth-order valence-electron chi connectivity index (χ4n) is 2.41. The van der Waals surface area contributed by atoms with E-state index in [9.17, 15) is 13.2 Å². The summed E-state index contributed by atoms with van der Waals surface area (Å²) in [6.45, 7) is 3.73. The number of hydrogen-bond donors (Lipinski definition) is 2. The molecule has 7 heteroatoms.